The van der Waals surface area contributed by atoms with Gasteiger partial charge in [-0.1, -0.05) is 6.07 Å². The highest BCUT2D eigenvalue weighted by molar-refractivity contribution is 5.96. The average Bonchev–Trinajstić information content (AvgIpc) is 3.23. The van der Waals surface area contributed by atoms with Crippen molar-refractivity contribution in [3.05, 3.63) is 65.6 Å². The number of methoxy groups -OCH3 is 2. The SMILES string of the molecule is COc1ccc(C(=O)NNc2ncnc3c2cnn3-c2ccc(C)c(C)c2)cc1OC. The molecule has 2 aromatic heterocycles. The largest absolute Gasteiger partial charge is 0.493 e. The van der Waals surface area contributed by atoms with Crippen LogP contribution in [0.3, 0.4) is 0 Å². The molecule has 4 aromatic rings. The van der Waals surface area contributed by atoms with Crippen molar-refractivity contribution in [2.24, 2.45) is 0 Å². The summed E-state index contributed by atoms with van der Waals surface area (Å²) in [4.78, 5) is 21.2. The monoisotopic (exact) mass is 418 g/mol. The molecule has 0 bridgehead atoms. The summed E-state index contributed by atoms with van der Waals surface area (Å²) in [5, 5.41) is 5.13. The van der Waals surface area contributed by atoms with Crippen LogP contribution in [-0.2, 0) is 0 Å². The molecule has 0 aliphatic rings. The van der Waals surface area contributed by atoms with Gasteiger partial charge >= 0.3 is 0 Å². The van der Waals surface area contributed by atoms with E-state index in [1.54, 1.807) is 29.1 Å². The number of ether oxygens (including phenoxy) is 2. The highest BCUT2D eigenvalue weighted by atomic mass is 16.5. The molecule has 2 heterocycles. The number of benzene rings is 2. The number of hydrogen-bond acceptors (Lipinski definition) is 7. The van der Waals surface area contributed by atoms with Gasteiger partial charge < -0.3 is 9.47 Å². The van der Waals surface area contributed by atoms with E-state index < -0.39 is 0 Å². The molecular weight excluding hydrogens is 396 g/mol. The van der Waals surface area contributed by atoms with Gasteiger partial charge in [0, 0.05) is 5.56 Å². The number of amides is 1. The van der Waals surface area contributed by atoms with E-state index in [9.17, 15) is 4.79 Å². The summed E-state index contributed by atoms with van der Waals surface area (Å²) in [7, 11) is 3.06. The molecule has 0 spiro atoms. The van der Waals surface area contributed by atoms with Crippen LogP contribution in [0.1, 0.15) is 21.5 Å². The molecule has 31 heavy (non-hydrogen) atoms. The first-order valence-electron chi connectivity index (χ1n) is 9.56. The Morgan fingerprint density at radius 2 is 1.77 bits per heavy atom. The standard InChI is InChI=1S/C22H22N6O3/c1-13-5-7-16(9-14(13)2)28-21-17(11-25-28)20(23-12-24-21)26-27-22(29)15-6-8-18(30-3)19(10-15)31-4/h5-12H,1-4H3,(H,27,29)(H,23,24,26). The predicted molar refractivity (Wildman–Crippen MR) is 117 cm³/mol. The van der Waals surface area contributed by atoms with Crippen molar-refractivity contribution in [3.8, 4) is 17.2 Å². The lowest BCUT2D eigenvalue weighted by Gasteiger charge is -2.11. The van der Waals surface area contributed by atoms with Gasteiger partial charge in [0.05, 0.1) is 31.5 Å². The number of nitrogens with zero attached hydrogens (tertiary/aromatic N) is 4. The fourth-order valence-electron chi connectivity index (χ4n) is 3.16. The Balaban J connectivity index is 1.58. The van der Waals surface area contributed by atoms with Crippen LogP contribution in [0, 0.1) is 13.8 Å². The third-order valence-electron chi connectivity index (χ3n) is 5.04. The number of aromatic nitrogens is 4. The minimum absolute atomic E-state index is 0.353. The summed E-state index contributed by atoms with van der Waals surface area (Å²) in [6.45, 7) is 4.11. The van der Waals surface area contributed by atoms with E-state index >= 15 is 0 Å². The minimum atomic E-state index is -0.353. The van der Waals surface area contributed by atoms with Crippen molar-refractivity contribution < 1.29 is 14.3 Å². The Hall–Kier alpha value is -4.14. The summed E-state index contributed by atoms with van der Waals surface area (Å²) in [5.41, 5.74) is 9.81. The van der Waals surface area contributed by atoms with Crippen LogP contribution in [0.2, 0.25) is 0 Å². The lowest BCUT2D eigenvalue weighted by Crippen LogP contribution is -2.30. The molecule has 0 radical (unpaired) electrons. The summed E-state index contributed by atoms with van der Waals surface area (Å²) in [5.74, 6) is 1.10. The van der Waals surface area contributed by atoms with Crippen LogP contribution < -0.4 is 20.3 Å². The van der Waals surface area contributed by atoms with Crippen LogP contribution in [0.5, 0.6) is 11.5 Å². The van der Waals surface area contributed by atoms with Gasteiger partial charge in [0.1, 0.15) is 6.33 Å². The van der Waals surface area contributed by atoms with Gasteiger partial charge in [0.2, 0.25) is 0 Å². The molecule has 0 atom stereocenters. The molecule has 2 aromatic carbocycles. The first-order valence-corrected chi connectivity index (χ1v) is 9.56. The Morgan fingerprint density at radius 1 is 0.968 bits per heavy atom. The van der Waals surface area contributed by atoms with E-state index in [0.717, 1.165) is 11.3 Å². The molecule has 158 valence electrons. The number of hydrogen-bond donors (Lipinski definition) is 2. The molecule has 0 fully saturated rings. The van der Waals surface area contributed by atoms with E-state index in [-0.39, 0.29) is 5.91 Å². The fourth-order valence-corrected chi connectivity index (χ4v) is 3.16. The van der Waals surface area contributed by atoms with Crippen LogP contribution in [0.25, 0.3) is 16.7 Å². The average molecular weight is 418 g/mol. The third-order valence-corrected chi connectivity index (χ3v) is 5.04. The zero-order valence-electron chi connectivity index (χ0n) is 17.6. The number of anilines is 1. The number of carbonyl (C=O) groups is 1. The second-order valence-corrected chi connectivity index (χ2v) is 6.93. The van der Waals surface area contributed by atoms with Gasteiger partial charge in [0.15, 0.2) is 23.0 Å². The maximum Gasteiger partial charge on any atom is 0.269 e. The topological polar surface area (TPSA) is 103 Å². The molecule has 0 saturated carbocycles. The molecule has 0 saturated heterocycles. The normalized spacial score (nSPS) is 10.7. The number of rotatable bonds is 6. The third kappa shape index (κ3) is 3.85. The van der Waals surface area contributed by atoms with E-state index in [0.29, 0.717) is 33.9 Å². The molecule has 9 nitrogen and oxygen atoms in total. The van der Waals surface area contributed by atoms with Gasteiger partial charge in [0.25, 0.3) is 5.91 Å². The van der Waals surface area contributed by atoms with E-state index in [1.165, 1.54) is 26.1 Å². The van der Waals surface area contributed by atoms with E-state index in [4.69, 9.17) is 9.47 Å². The van der Waals surface area contributed by atoms with Crippen LogP contribution in [-0.4, -0.2) is 39.9 Å². The lowest BCUT2D eigenvalue weighted by atomic mass is 10.1. The number of nitrogens with one attached hydrogen (secondary N) is 2. The summed E-state index contributed by atoms with van der Waals surface area (Å²) < 4.78 is 12.2. The minimum Gasteiger partial charge on any atom is -0.493 e. The van der Waals surface area contributed by atoms with Crippen molar-refractivity contribution in [1.82, 2.24) is 25.2 Å². The molecule has 9 heteroatoms. The number of hydrazine groups is 1. The number of fused-ring (bicyclic) bond motifs is 1. The quantitative estimate of drug-likeness (QED) is 0.464. The summed E-state index contributed by atoms with van der Waals surface area (Å²) >= 11 is 0. The maximum atomic E-state index is 12.6. The maximum absolute atomic E-state index is 12.6. The highest BCUT2D eigenvalue weighted by Gasteiger charge is 2.14. The Morgan fingerprint density at radius 3 is 2.52 bits per heavy atom. The lowest BCUT2D eigenvalue weighted by molar-refractivity contribution is 0.0962. The smallest absolute Gasteiger partial charge is 0.269 e. The second-order valence-electron chi connectivity index (χ2n) is 6.93. The van der Waals surface area contributed by atoms with Crippen LogP contribution in [0.15, 0.2) is 48.9 Å². The van der Waals surface area contributed by atoms with Gasteiger partial charge in [-0.25, -0.2) is 14.6 Å². The Labute approximate surface area is 179 Å². The zero-order chi connectivity index (χ0) is 22.0. The zero-order valence-corrected chi connectivity index (χ0v) is 17.6. The first-order chi connectivity index (χ1) is 15.0. The van der Waals surface area contributed by atoms with Gasteiger partial charge in [-0.05, 0) is 55.3 Å². The van der Waals surface area contributed by atoms with Gasteiger partial charge in [-0.15, -0.1) is 0 Å². The first kappa shape index (κ1) is 20.1. The molecular formula is C22H22N6O3. The molecule has 0 unspecified atom stereocenters. The summed E-state index contributed by atoms with van der Waals surface area (Å²) in [6, 6.07) is 11.0. The summed E-state index contributed by atoms with van der Waals surface area (Å²) in [6.07, 6.45) is 3.09. The fraction of sp³-hybridized carbons (Fsp3) is 0.182. The van der Waals surface area contributed by atoms with Crippen LogP contribution in [0.4, 0.5) is 5.82 Å². The van der Waals surface area contributed by atoms with E-state index in [2.05, 4.69) is 45.8 Å². The molecule has 4 rings (SSSR count). The molecule has 2 N–H and O–H groups in total. The van der Waals surface area contributed by atoms with Crippen LogP contribution >= 0.6 is 0 Å². The van der Waals surface area contributed by atoms with Crippen molar-refractivity contribution in [2.45, 2.75) is 13.8 Å². The Bertz CT molecular complexity index is 1270. The Kier molecular flexibility index (Phi) is 5.40. The number of aryl methyl sites for hydroxylation is 2. The van der Waals surface area contributed by atoms with Gasteiger partial charge in [-0.3, -0.25) is 15.6 Å². The van der Waals surface area contributed by atoms with Crippen molar-refractivity contribution in [3.63, 3.8) is 0 Å². The number of carbonyl (C=O) groups excluding carboxylic acids is 1. The molecule has 0 aliphatic carbocycles. The molecule has 1 amide bonds. The van der Waals surface area contributed by atoms with Crippen molar-refractivity contribution >= 4 is 22.8 Å². The molecule has 0 aliphatic heterocycles. The highest BCUT2D eigenvalue weighted by Crippen LogP contribution is 2.27. The van der Waals surface area contributed by atoms with Crippen molar-refractivity contribution in [1.29, 1.82) is 0 Å². The van der Waals surface area contributed by atoms with Crippen molar-refractivity contribution in [2.75, 3.05) is 19.6 Å². The predicted octanol–water partition coefficient (Wildman–Crippen LogP) is 3.21. The van der Waals surface area contributed by atoms with E-state index in [1.807, 2.05) is 12.1 Å². The second kappa shape index (κ2) is 8.31. The van der Waals surface area contributed by atoms with Gasteiger partial charge in [-0.2, -0.15) is 5.10 Å².